The second kappa shape index (κ2) is 5.64. The van der Waals surface area contributed by atoms with Crippen molar-refractivity contribution >= 4 is 19.9 Å². The van der Waals surface area contributed by atoms with Crippen LogP contribution < -0.4 is 5.73 Å². The molecule has 0 aliphatic carbocycles. The average molecular weight is 336 g/mol. The van der Waals surface area contributed by atoms with Gasteiger partial charge in [0.15, 0.2) is 9.84 Å². The molecule has 1 unspecified atom stereocenters. The minimum absolute atomic E-state index is 0.0736. The van der Waals surface area contributed by atoms with Gasteiger partial charge in [0, 0.05) is 24.7 Å². The van der Waals surface area contributed by atoms with Gasteiger partial charge in [-0.2, -0.15) is 4.31 Å². The number of sulfonamides is 1. The third kappa shape index (κ3) is 3.25. The van der Waals surface area contributed by atoms with Gasteiger partial charge in [0.25, 0.3) is 0 Å². The lowest BCUT2D eigenvalue weighted by Crippen LogP contribution is -2.49. The Balaban J connectivity index is 2.39. The Morgan fingerprint density at radius 3 is 2.67 bits per heavy atom. The third-order valence-electron chi connectivity index (χ3n) is 3.45. The molecule has 1 aromatic carbocycles. The van der Waals surface area contributed by atoms with Crippen molar-refractivity contribution < 1.29 is 21.2 Å². The predicted molar refractivity (Wildman–Crippen MR) is 76.3 cm³/mol. The summed E-state index contributed by atoms with van der Waals surface area (Å²) < 4.78 is 62.7. The molecular weight excluding hydrogens is 319 g/mol. The summed E-state index contributed by atoms with van der Waals surface area (Å²) in [6, 6.07) is 2.76. The Morgan fingerprint density at radius 2 is 2.10 bits per heavy atom. The monoisotopic (exact) mass is 336 g/mol. The summed E-state index contributed by atoms with van der Waals surface area (Å²) in [6.45, 7) is 1.34. The molecule has 21 heavy (non-hydrogen) atoms. The van der Waals surface area contributed by atoms with Crippen molar-refractivity contribution in [3.63, 3.8) is 0 Å². The second-order valence-corrected chi connectivity index (χ2v) is 9.16. The molecule has 9 heteroatoms. The lowest BCUT2D eigenvalue weighted by atomic mass is 10.2. The zero-order valence-electron chi connectivity index (χ0n) is 11.5. The molecule has 6 nitrogen and oxygen atoms in total. The Hall–Kier alpha value is -1.03. The van der Waals surface area contributed by atoms with Gasteiger partial charge >= 0.3 is 0 Å². The first-order valence-electron chi connectivity index (χ1n) is 6.38. The lowest BCUT2D eigenvalue weighted by molar-refractivity contribution is 0.356. The van der Waals surface area contributed by atoms with Crippen molar-refractivity contribution in [2.45, 2.75) is 24.4 Å². The molecule has 0 saturated carbocycles. The lowest BCUT2D eigenvalue weighted by Gasteiger charge is -2.32. The number of sulfone groups is 1. The van der Waals surface area contributed by atoms with Crippen LogP contribution in [0.15, 0.2) is 23.1 Å². The van der Waals surface area contributed by atoms with E-state index in [4.69, 9.17) is 5.73 Å². The molecule has 2 rings (SSSR count). The smallest absolute Gasteiger partial charge is 0.243 e. The number of nitrogens with two attached hydrogens (primary N) is 1. The normalized spacial score (nSPS) is 23.1. The van der Waals surface area contributed by atoms with Gasteiger partial charge in [0.05, 0.1) is 16.4 Å². The third-order valence-corrected chi connectivity index (χ3v) is 7.26. The van der Waals surface area contributed by atoms with Gasteiger partial charge in [-0.1, -0.05) is 0 Å². The van der Waals surface area contributed by atoms with Crippen molar-refractivity contribution in [1.29, 1.82) is 0 Å². The van der Waals surface area contributed by atoms with E-state index in [1.54, 1.807) is 6.92 Å². The first kappa shape index (κ1) is 16.3. The van der Waals surface area contributed by atoms with Gasteiger partial charge in [0.2, 0.25) is 10.0 Å². The highest BCUT2D eigenvalue weighted by Crippen LogP contribution is 2.23. The highest BCUT2D eigenvalue weighted by atomic mass is 32.2. The Kier molecular flexibility index (Phi) is 4.39. The van der Waals surface area contributed by atoms with Gasteiger partial charge in [-0.25, -0.2) is 21.2 Å². The van der Waals surface area contributed by atoms with E-state index >= 15 is 0 Å². The summed E-state index contributed by atoms with van der Waals surface area (Å²) in [6.07, 6.45) is 0. The summed E-state index contributed by atoms with van der Waals surface area (Å²) in [5.74, 6) is -0.982. The van der Waals surface area contributed by atoms with Crippen molar-refractivity contribution in [3.8, 4) is 0 Å². The first-order chi connectivity index (χ1) is 9.67. The molecule has 1 atom stereocenters. The van der Waals surface area contributed by atoms with Crippen LogP contribution in [0.1, 0.15) is 12.5 Å². The van der Waals surface area contributed by atoms with Gasteiger partial charge in [0.1, 0.15) is 5.82 Å². The average Bonchev–Trinajstić information content (AvgIpc) is 2.37. The molecule has 0 spiro atoms. The molecule has 1 aliphatic rings. The zero-order valence-corrected chi connectivity index (χ0v) is 13.1. The van der Waals surface area contributed by atoms with Gasteiger partial charge in [-0.05, 0) is 25.1 Å². The molecule has 1 saturated heterocycles. The van der Waals surface area contributed by atoms with E-state index in [9.17, 15) is 21.2 Å². The highest BCUT2D eigenvalue weighted by molar-refractivity contribution is 7.92. The molecule has 0 amide bonds. The van der Waals surface area contributed by atoms with E-state index in [1.807, 2.05) is 0 Å². The Morgan fingerprint density at radius 1 is 1.43 bits per heavy atom. The Labute approximate surface area is 123 Å². The fourth-order valence-electron chi connectivity index (χ4n) is 2.34. The van der Waals surface area contributed by atoms with Crippen LogP contribution in [0, 0.1) is 5.82 Å². The summed E-state index contributed by atoms with van der Waals surface area (Å²) >= 11 is 0. The maximum Gasteiger partial charge on any atom is 0.243 e. The van der Waals surface area contributed by atoms with E-state index in [0.29, 0.717) is 0 Å². The van der Waals surface area contributed by atoms with Crippen molar-refractivity contribution in [3.05, 3.63) is 29.6 Å². The first-order valence-corrected chi connectivity index (χ1v) is 9.64. The van der Waals surface area contributed by atoms with E-state index in [0.717, 1.165) is 10.4 Å². The van der Waals surface area contributed by atoms with Crippen LogP contribution in [0.3, 0.4) is 0 Å². The molecule has 1 aromatic rings. The van der Waals surface area contributed by atoms with E-state index in [2.05, 4.69) is 0 Å². The number of rotatable bonds is 3. The van der Waals surface area contributed by atoms with Crippen LogP contribution in [-0.4, -0.2) is 45.2 Å². The summed E-state index contributed by atoms with van der Waals surface area (Å²) in [7, 11) is -7.08. The highest BCUT2D eigenvalue weighted by Gasteiger charge is 2.36. The van der Waals surface area contributed by atoms with Crippen LogP contribution in [-0.2, 0) is 26.4 Å². The number of benzene rings is 1. The van der Waals surface area contributed by atoms with Crippen molar-refractivity contribution in [2.75, 3.05) is 18.1 Å². The van der Waals surface area contributed by atoms with Gasteiger partial charge in [-0.3, -0.25) is 0 Å². The van der Waals surface area contributed by atoms with E-state index in [1.165, 1.54) is 12.1 Å². The van der Waals surface area contributed by atoms with Crippen LogP contribution in [0.2, 0.25) is 0 Å². The predicted octanol–water partition coefficient (Wildman–Crippen LogP) is 0.0920. The standard InChI is InChI=1S/C12H17FN2O4S2/c1-9-8-20(16,17)5-4-15(9)21(18,19)11-2-3-12(13)10(6-11)7-14/h2-3,6,9H,4-5,7-8,14H2,1H3. The largest absolute Gasteiger partial charge is 0.326 e. The quantitative estimate of drug-likeness (QED) is 0.844. The molecule has 2 N–H and O–H groups in total. The molecule has 0 bridgehead atoms. The molecule has 118 valence electrons. The van der Waals surface area contributed by atoms with Crippen LogP contribution in [0.25, 0.3) is 0 Å². The number of hydrogen-bond donors (Lipinski definition) is 1. The van der Waals surface area contributed by atoms with E-state index < -0.39 is 31.7 Å². The minimum Gasteiger partial charge on any atom is -0.326 e. The topological polar surface area (TPSA) is 97.5 Å². The Bertz CT molecular complexity index is 747. The maximum absolute atomic E-state index is 13.4. The van der Waals surface area contributed by atoms with Gasteiger partial charge < -0.3 is 5.73 Å². The second-order valence-electron chi connectivity index (χ2n) is 5.04. The van der Waals surface area contributed by atoms with Crippen molar-refractivity contribution in [2.24, 2.45) is 5.73 Å². The van der Waals surface area contributed by atoms with Crippen LogP contribution >= 0.6 is 0 Å². The van der Waals surface area contributed by atoms with Gasteiger partial charge in [-0.15, -0.1) is 0 Å². The minimum atomic E-state index is -3.86. The summed E-state index contributed by atoms with van der Waals surface area (Å²) in [4.78, 5) is -0.0736. The summed E-state index contributed by atoms with van der Waals surface area (Å²) in [5, 5.41) is 0. The SMILES string of the molecule is CC1CS(=O)(=O)CCN1S(=O)(=O)c1ccc(F)c(CN)c1. The molecular formula is C12H17FN2O4S2. The van der Waals surface area contributed by atoms with E-state index in [-0.39, 0.29) is 35.1 Å². The van der Waals surface area contributed by atoms with Crippen molar-refractivity contribution in [1.82, 2.24) is 4.31 Å². The fraction of sp³-hybridized carbons (Fsp3) is 0.500. The maximum atomic E-state index is 13.4. The number of nitrogens with zero attached hydrogens (tertiary/aromatic N) is 1. The number of hydrogen-bond acceptors (Lipinski definition) is 5. The molecule has 1 aliphatic heterocycles. The fourth-order valence-corrected chi connectivity index (χ4v) is 5.79. The molecule has 1 heterocycles. The zero-order chi connectivity index (χ0) is 15.8. The summed E-state index contributed by atoms with van der Waals surface area (Å²) in [5.41, 5.74) is 5.48. The molecule has 0 aromatic heterocycles. The van der Waals surface area contributed by atoms with Crippen LogP contribution in [0.5, 0.6) is 0 Å². The van der Waals surface area contributed by atoms with Crippen LogP contribution in [0.4, 0.5) is 4.39 Å². The number of halogens is 1. The molecule has 0 radical (unpaired) electrons. The molecule has 1 fully saturated rings.